The fraction of sp³-hybridized carbons (Fsp3) is 0.769. The molecular formula is C13H23N3. The lowest BCUT2D eigenvalue weighted by atomic mass is 9.81. The van der Waals surface area contributed by atoms with Crippen molar-refractivity contribution in [1.29, 1.82) is 0 Å². The van der Waals surface area contributed by atoms with Gasteiger partial charge >= 0.3 is 0 Å². The Morgan fingerprint density at radius 3 is 2.62 bits per heavy atom. The fourth-order valence-corrected chi connectivity index (χ4v) is 2.40. The van der Waals surface area contributed by atoms with Gasteiger partial charge in [0.2, 0.25) is 0 Å². The van der Waals surface area contributed by atoms with Crippen LogP contribution in [0.15, 0.2) is 0 Å². The molecule has 0 bridgehead atoms. The van der Waals surface area contributed by atoms with E-state index in [1.54, 1.807) is 0 Å². The second-order valence-electron chi connectivity index (χ2n) is 5.53. The van der Waals surface area contributed by atoms with E-state index in [-0.39, 0.29) is 0 Å². The molecule has 2 rings (SSSR count). The summed E-state index contributed by atoms with van der Waals surface area (Å²) in [4.78, 5) is 0. The summed E-state index contributed by atoms with van der Waals surface area (Å²) >= 11 is 0. The number of aryl methyl sites for hydroxylation is 1. The Bertz CT molecular complexity index is 361. The lowest BCUT2D eigenvalue weighted by Gasteiger charge is -2.24. The first-order valence-corrected chi connectivity index (χ1v) is 6.38. The zero-order valence-electron chi connectivity index (χ0n) is 10.7. The number of aromatic nitrogens is 2. The number of nitrogens with two attached hydrogens (primary N) is 1. The zero-order valence-corrected chi connectivity index (χ0v) is 10.7. The first kappa shape index (κ1) is 11.5. The molecule has 3 nitrogen and oxygen atoms in total. The van der Waals surface area contributed by atoms with Crippen LogP contribution in [0, 0.1) is 11.8 Å². The highest BCUT2D eigenvalue weighted by Gasteiger charge is 2.22. The molecule has 0 atom stereocenters. The minimum absolute atomic E-state index is 0.645. The Kier molecular flexibility index (Phi) is 3.22. The topological polar surface area (TPSA) is 43.8 Å². The number of nitrogen functional groups attached to an aromatic ring is 1. The van der Waals surface area contributed by atoms with Crippen LogP contribution < -0.4 is 5.73 Å². The zero-order chi connectivity index (χ0) is 11.7. The van der Waals surface area contributed by atoms with Crippen LogP contribution in [0.5, 0.6) is 0 Å². The summed E-state index contributed by atoms with van der Waals surface area (Å²) in [5.41, 5.74) is 8.63. The molecule has 0 aliphatic heterocycles. The molecule has 16 heavy (non-hydrogen) atoms. The van der Waals surface area contributed by atoms with Gasteiger partial charge in [-0.25, -0.2) is 0 Å². The van der Waals surface area contributed by atoms with Crippen molar-refractivity contribution in [2.45, 2.75) is 46.0 Å². The van der Waals surface area contributed by atoms with Gasteiger partial charge in [0, 0.05) is 12.6 Å². The Balaban J connectivity index is 2.17. The summed E-state index contributed by atoms with van der Waals surface area (Å²) in [5, 5.41) is 4.58. The third-order valence-corrected chi connectivity index (χ3v) is 3.60. The summed E-state index contributed by atoms with van der Waals surface area (Å²) in [6.45, 7) is 4.47. The molecule has 2 N–H and O–H groups in total. The van der Waals surface area contributed by atoms with Gasteiger partial charge < -0.3 is 5.73 Å². The molecule has 0 aromatic carbocycles. The summed E-state index contributed by atoms with van der Waals surface area (Å²) in [5.74, 6) is 2.37. The lowest BCUT2D eigenvalue weighted by Crippen LogP contribution is -2.15. The highest BCUT2D eigenvalue weighted by molar-refractivity contribution is 5.43. The number of hydrogen-bond acceptors (Lipinski definition) is 2. The summed E-state index contributed by atoms with van der Waals surface area (Å²) in [6, 6.07) is 0. The number of hydrogen-bond donors (Lipinski definition) is 1. The molecule has 1 heterocycles. The number of anilines is 1. The van der Waals surface area contributed by atoms with E-state index >= 15 is 0 Å². The highest BCUT2D eigenvalue weighted by Crippen LogP contribution is 2.32. The van der Waals surface area contributed by atoms with Gasteiger partial charge in [-0.15, -0.1) is 0 Å². The van der Waals surface area contributed by atoms with E-state index in [1.807, 2.05) is 11.7 Å². The molecule has 0 saturated heterocycles. The van der Waals surface area contributed by atoms with Gasteiger partial charge in [-0.2, -0.15) is 5.10 Å². The van der Waals surface area contributed by atoms with Crippen LogP contribution in [0.25, 0.3) is 0 Å². The average molecular weight is 221 g/mol. The molecule has 0 spiro atoms. The maximum Gasteiger partial charge on any atom is 0.124 e. The Hall–Kier alpha value is -0.990. The van der Waals surface area contributed by atoms with Gasteiger partial charge in [0.25, 0.3) is 0 Å². The first-order chi connectivity index (χ1) is 7.58. The largest absolute Gasteiger partial charge is 0.384 e. The van der Waals surface area contributed by atoms with Crippen LogP contribution in [0.3, 0.4) is 0 Å². The van der Waals surface area contributed by atoms with Crippen LogP contribution in [0.4, 0.5) is 5.82 Å². The van der Waals surface area contributed by atoms with E-state index < -0.39 is 0 Å². The second kappa shape index (κ2) is 4.48. The first-order valence-electron chi connectivity index (χ1n) is 6.38. The molecule has 1 aromatic heterocycles. The summed E-state index contributed by atoms with van der Waals surface area (Å²) in [7, 11) is 1.95. The van der Waals surface area contributed by atoms with E-state index in [0.717, 1.165) is 24.6 Å². The molecule has 1 aliphatic carbocycles. The minimum Gasteiger partial charge on any atom is -0.384 e. The van der Waals surface area contributed by atoms with Gasteiger partial charge in [0.1, 0.15) is 5.82 Å². The van der Waals surface area contributed by atoms with Crippen LogP contribution >= 0.6 is 0 Å². The van der Waals surface area contributed by atoms with E-state index in [2.05, 4.69) is 18.9 Å². The maximum absolute atomic E-state index is 6.09. The monoisotopic (exact) mass is 221 g/mol. The van der Waals surface area contributed by atoms with E-state index in [0.29, 0.717) is 5.92 Å². The van der Waals surface area contributed by atoms with E-state index in [9.17, 15) is 0 Å². The number of nitrogens with zero attached hydrogens (tertiary/aromatic N) is 2. The van der Waals surface area contributed by atoms with Crippen molar-refractivity contribution in [2.75, 3.05) is 5.73 Å². The molecule has 3 heteroatoms. The SMILES string of the molecule is CC(C)Cc1c(CC2CCC2)nn(C)c1N. The molecule has 1 fully saturated rings. The Labute approximate surface area is 98.0 Å². The predicted octanol–water partition coefficient (Wildman–Crippen LogP) is 2.54. The second-order valence-corrected chi connectivity index (χ2v) is 5.53. The Morgan fingerprint density at radius 1 is 1.44 bits per heavy atom. The Morgan fingerprint density at radius 2 is 2.12 bits per heavy atom. The third-order valence-electron chi connectivity index (χ3n) is 3.60. The summed E-state index contributed by atoms with van der Waals surface area (Å²) in [6.07, 6.45) is 6.33. The van der Waals surface area contributed by atoms with Crippen LogP contribution in [0.1, 0.15) is 44.4 Å². The van der Waals surface area contributed by atoms with Crippen LogP contribution in [0.2, 0.25) is 0 Å². The highest BCUT2D eigenvalue weighted by atomic mass is 15.3. The molecule has 1 aromatic rings. The van der Waals surface area contributed by atoms with Gasteiger partial charge in [-0.3, -0.25) is 4.68 Å². The van der Waals surface area contributed by atoms with Crippen molar-refractivity contribution in [3.63, 3.8) is 0 Å². The van der Waals surface area contributed by atoms with Crippen molar-refractivity contribution in [3.8, 4) is 0 Å². The summed E-state index contributed by atoms with van der Waals surface area (Å²) < 4.78 is 1.84. The van der Waals surface area contributed by atoms with Crippen molar-refractivity contribution in [1.82, 2.24) is 9.78 Å². The molecule has 1 saturated carbocycles. The van der Waals surface area contributed by atoms with Crippen molar-refractivity contribution in [2.24, 2.45) is 18.9 Å². The van der Waals surface area contributed by atoms with Gasteiger partial charge in [-0.05, 0) is 24.7 Å². The molecule has 90 valence electrons. The smallest absolute Gasteiger partial charge is 0.124 e. The molecular weight excluding hydrogens is 198 g/mol. The van der Waals surface area contributed by atoms with Crippen molar-refractivity contribution in [3.05, 3.63) is 11.3 Å². The van der Waals surface area contributed by atoms with Crippen LogP contribution in [-0.2, 0) is 19.9 Å². The molecule has 0 amide bonds. The standard InChI is InChI=1S/C13H23N3/c1-9(2)7-11-12(8-10-5-4-6-10)15-16(3)13(11)14/h9-10H,4-8,14H2,1-3H3. The third kappa shape index (κ3) is 2.23. The van der Waals surface area contributed by atoms with Crippen molar-refractivity contribution < 1.29 is 0 Å². The molecule has 0 radical (unpaired) electrons. The molecule has 0 unspecified atom stereocenters. The fourth-order valence-electron chi connectivity index (χ4n) is 2.40. The predicted molar refractivity (Wildman–Crippen MR) is 67.2 cm³/mol. The van der Waals surface area contributed by atoms with Crippen molar-refractivity contribution >= 4 is 5.82 Å². The van der Waals surface area contributed by atoms with Gasteiger partial charge in [0.15, 0.2) is 0 Å². The molecule has 1 aliphatic rings. The van der Waals surface area contributed by atoms with Crippen LogP contribution in [-0.4, -0.2) is 9.78 Å². The number of rotatable bonds is 4. The maximum atomic E-state index is 6.09. The average Bonchev–Trinajstić information content (AvgIpc) is 2.39. The van der Waals surface area contributed by atoms with Gasteiger partial charge in [-0.1, -0.05) is 33.1 Å². The quantitative estimate of drug-likeness (QED) is 0.849. The van der Waals surface area contributed by atoms with E-state index in [4.69, 9.17) is 5.73 Å². The van der Waals surface area contributed by atoms with Gasteiger partial charge in [0.05, 0.1) is 5.69 Å². The normalized spacial score (nSPS) is 16.8. The van der Waals surface area contributed by atoms with E-state index in [1.165, 1.54) is 30.5 Å². The minimum atomic E-state index is 0.645. The lowest BCUT2D eigenvalue weighted by molar-refractivity contribution is 0.310.